The smallest absolute Gasteiger partial charge is 0.139 e. The van der Waals surface area contributed by atoms with Crippen LogP contribution in [0.5, 0.6) is 0 Å². The quantitative estimate of drug-likeness (QED) is 0.169. The molecule has 0 saturated heterocycles. The zero-order chi connectivity index (χ0) is 35.1. The maximum atomic E-state index is 2.58. The molecule has 248 valence electrons. The average Bonchev–Trinajstić information content (AvgIpc) is 3.57. The molecule has 0 amide bonds. The summed E-state index contributed by atoms with van der Waals surface area (Å²) in [6, 6.07) is 70.0. The van der Waals surface area contributed by atoms with Crippen LogP contribution in [0.1, 0.15) is 27.8 Å². The van der Waals surface area contributed by atoms with Gasteiger partial charge in [0.25, 0.3) is 0 Å². The van der Waals surface area contributed by atoms with E-state index in [2.05, 4.69) is 205 Å². The number of nitrogens with zero attached hydrogens (tertiary/aromatic N) is 2. The van der Waals surface area contributed by atoms with Crippen LogP contribution in [-0.2, 0) is 12.0 Å². The molecular formula is C50H35BN2. The van der Waals surface area contributed by atoms with E-state index in [1.54, 1.807) is 0 Å². The topological polar surface area (TPSA) is 8.17 Å². The molecule has 2 aliphatic rings. The first-order valence-corrected chi connectivity index (χ1v) is 18.6. The largest absolute Gasteiger partial charge is 0.336 e. The predicted molar refractivity (Wildman–Crippen MR) is 224 cm³/mol. The van der Waals surface area contributed by atoms with E-state index in [4.69, 9.17) is 0 Å². The Labute approximate surface area is 310 Å². The van der Waals surface area contributed by atoms with Crippen LogP contribution in [0.4, 0.5) is 11.4 Å². The lowest BCUT2D eigenvalue weighted by atomic mass is 9.60. The number of aromatic nitrogens is 1. The van der Waals surface area contributed by atoms with Gasteiger partial charge in [-0.3, -0.25) is 0 Å². The van der Waals surface area contributed by atoms with Crippen LogP contribution in [0.25, 0.3) is 49.7 Å². The van der Waals surface area contributed by atoms with E-state index in [1.165, 1.54) is 94.4 Å². The highest BCUT2D eigenvalue weighted by Gasteiger charge is 2.51. The SMILES string of the molecule is Bc1ccccc1CN1c2ccc(-c3ccccc3)cc2C2(c3cc(-c4ccccc4)ccc31)c1ccccc1-n1c3ccccc3c3cccc2c31. The number of hydrogen-bond acceptors (Lipinski definition) is 1. The van der Waals surface area contributed by atoms with Gasteiger partial charge in [0.05, 0.1) is 22.1 Å². The Morgan fingerprint density at radius 3 is 1.68 bits per heavy atom. The molecule has 3 heterocycles. The van der Waals surface area contributed by atoms with Gasteiger partial charge in [0.2, 0.25) is 0 Å². The second kappa shape index (κ2) is 11.5. The molecule has 2 nitrogen and oxygen atoms in total. The second-order valence-corrected chi connectivity index (χ2v) is 14.5. The summed E-state index contributed by atoms with van der Waals surface area (Å²) >= 11 is 0. The lowest BCUT2D eigenvalue weighted by molar-refractivity contribution is 0.703. The fraction of sp³-hybridized carbons (Fsp3) is 0.0400. The molecule has 1 aromatic heterocycles. The first kappa shape index (κ1) is 30.1. The van der Waals surface area contributed by atoms with E-state index in [-0.39, 0.29) is 0 Å². The van der Waals surface area contributed by atoms with Gasteiger partial charge in [-0.15, -0.1) is 0 Å². The van der Waals surface area contributed by atoms with Crippen LogP contribution >= 0.6 is 0 Å². The summed E-state index contributed by atoms with van der Waals surface area (Å²) < 4.78 is 2.53. The lowest BCUT2D eigenvalue weighted by Gasteiger charge is -2.49. The second-order valence-electron chi connectivity index (χ2n) is 14.5. The van der Waals surface area contributed by atoms with Gasteiger partial charge in [0.1, 0.15) is 7.85 Å². The summed E-state index contributed by atoms with van der Waals surface area (Å²) in [4.78, 5) is 2.58. The van der Waals surface area contributed by atoms with Crippen molar-refractivity contribution >= 4 is 46.5 Å². The molecule has 11 rings (SSSR count). The Morgan fingerprint density at radius 1 is 0.415 bits per heavy atom. The molecule has 0 N–H and O–H groups in total. The fourth-order valence-electron chi connectivity index (χ4n) is 9.45. The Kier molecular flexibility index (Phi) is 6.51. The zero-order valence-electron chi connectivity index (χ0n) is 29.5. The molecule has 1 spiro atoms. The van der Waals surface area contributed by atoms with E-state index in [0.29, 0.717) is 0 Å². The summed E-state index contributed by atoms with van der Waals surface area (Å²) in [5.74, 6) is 0. The van der Waals surface area contributed by atoms with E-state index in [1.807, 2.05) is 0 Å². The van der Waals surface area contributed by atoms with E-state index < -0.39 is 5.41 Å². The minimum atomic E-state index is -0.608. The molecule has 0 radical (unpaired) electrons. The number of hydrogen-bond donors (Lipinski definition) is 0. The molecule has 0 bridgehead atoms. The van der Waals surface area contributed by atoms with Crippen molar-refractivity contribution in [3.8, 4) is 27.9 Å². The van der Waals surface area contributed by atoms with Crippen LogP contribution in [0.15, 0.2) is 188 Å². The molecule has 0 aliphatic carbocycles. The van der Waals surface area contributed by atoms with Crippen molar-refractivity contribution < 1.29 is 0 Å². The highest BCUT2D eigenvalue weighted by atomic mass is 15.2. The Bertz CT molecular complexity index is 2800. The van der Waals surface area contributed by atoms with Crippen LogP contribution in [0.2, 0.25) is 0 Å². The molecule has 0 atom stereocenters. The fourth-order valence-corrected chi connectivity index (χ4v) is 9.45. The van der Waals surface area contributed by atoms with Gasteiger partial charge in [-0.05, 0) is 86.5 Å². The molecule has 53 heavy (non-hydrogen) atoms. The minimum Gasteiger partial charge on any atom is -0.336 e. The number of rotatable bonds is 4. The van der Waals surface area contributed by atoms with E-state index in [9.17, 15) is 0 Å². The van der Waals surface area contributed by atoms with Gasteiger partial charge in [0.15, 0.2) is 0 Å². The monoisotopic (exact) mass is 674 g/mol. The highest BCUT2D eigenvalue weighted by Crippen LogP contribution is 2.61. The van der Waals surface area contributed by atoms with Gasteiger partial charge < -0.3 is 9.47 Å². The van der Waals surface area contributed by atoms with Crippen molar-refractivity contribution in [1.82, 2.24) is 4.57 Å². The van der Waals surface area contributed by atoms with Crippen molar-refractivity contribution in [2.45, 2.75) is 12.0 Å². The summed E-state index contributed by atoms with van der Waals surface area (Å²) in [7, 11) is 2.23. The summed E-state index contributed by atoms with van der Waals surface area (Å²) in [6.45, 7) is 0.768. The van der Waals surface area contributed by atoms with Gasteiger partial charge in [-0.1, -0.05) is 157 Å². The zero-order valence-corrected chi connectivity index (χ0v) is 29.5. The molecule has 0 saturated carbocycles. The van der Waals surface area contributed by atoms with Crippen LogP contribution in [0, 0.1) is 0 Å². The number of fused-ring (bicyclic) bond motifs is 11. The minimum absolute atomic E-state index is 0.608. The number of anilines is 2. The van der Waals surface area contributed by atoms with Crippen molar-refractivity contribution in [3.63, 3.8) is 0 Å². The van der Waals surface area contributed by atoms with Crippen LogP contribution in [-0.4, -0.2) is 12.4 Å². The molecular weight excluding hydrogens is 639 g/mol. The third kappa shape index (κ3) is 4.22. The van der Waals surface area contributed by atoms with Crippen molar-refractivity contribution in [1.29, 1.82) is 0 Å². The third-order valence-corrected chi connectivity index (χ3v) is 11.8. The summed E-state index contributed by atoms with van der Waals surface area (Å²) in [6.07, 6.45) is 0. The molecule has 8 aromatic carbocycles. The highest BCUT2D eigenvalue weighted by molar-refractivity contribution is 6.33. The van der Waals surface area contributed by atoms with Gasteiger partial charge >= 0.3 is 0 Å². The normalized spacial score (nSPS) is 13.5. The van der Waals surface area contributed by atoms with E-state index in [0.717, 1.165) is 6.54 Å². The Hall–Kier alpha value is -6.58. The van der Waals surface area contributed by atoms with Crippen molar-refractivity contribution in [3.05, 3.63) is 216 Å². The molecule has 0 fully saturated rings. The average molecular weight is 675 g/mol. The lowest BCUT2D eigenvalue weighted by Crippen LogP contribution is -2.41. The van der Waals surface area contributed by atoms with Crippen LogP contribution in [0.3, 0.4) is 0 Å². The molecule has 3 heteroatoms. The first-order valence-electron chi connectivity index (χ1n) is 18.6. The number of para-hydroxylation sites is 3. The first-order chi connectivity index (χ1) is 26.2. The standard InChI is InChI=1S/C50H35BN2/c51-44-23-10-7-18-37(44)32-52-46-28-26-35(33-14-3-1-4-15-33)30-42(46)50(43-31-36(27-29-47(43)52)34-16-5-2-6-17-34)40-21-9-12-25-48(40)53-45-24-11-8-19-38(45)39-20-13-22-41(50)49(39)53/h1-31H,32,51H2. The van der Waals surface area contributed by atoms with Crippen molar-refractivity contribution in [2.24, 2.45) is 0 Å². The Balaban J connectivity index is 1.33. The number of benzene rings is 8. The van der Waals surface area contributed by atoms with Gasteiger partial charge in [-0.2, -0.15) is 0 Å². The molecule has 9 aromatic rings. The maximum absolute atomic E-state index is 2.58. The third-order valence-electron chi connectivity index (χ3n) is 11.8. The summed E-state index contributed by atoms with van der Waals surface area (Å²) in [5.41, 5.74) is 18.4. The maximum Gasteiger partial charge on any atom is 0.139 e. The van der Waals surface area contributed by atoms with Gasteiger partial charge in [-0.25, -0.2) is 0 Å². The van der Waals surface area contributed by atoms with Gasteiger partial charge in [0, 0.05) is 28.7 Å². The molecule has 2 aliphatic heterocycles. The van der Waals surface area contributed by atoms with Crippen LogP contribution < -0.4 is 10.4 Å². The summed E-state index contributed by atoms with van der Waals surface area (Å²) in [5, 5.41) is 2.57. The Morgan fingerprint density at radius 2 is 0.981 bits per heavy atom. The molecule has 0 unspecified atom stereocenters. The van der Waals surface area contributed by atoms with Crippen molar-refractivity contribution in [2.75, 3.05) is 4.90 Å². The van der Waals surface area contributed by atoms with E-state index >= 15 is 0 Å². The predicted octanol–water partition coefficient (Wildman–Crippen LogP) is 10.7.